The molecule has 31 heavy (non-hydrogen) atoms. The number of benzene rings is 2. The molecule has 2 fully saturated rings. The lowest BCUT2D eigenvalue weighted by molar-refractivity contribution is 0.153. The molecule has 2 aromatic rings. The molecular formula is C24H31N3O3S. The van der Waals surface area contributed by atoms with Gasteiger partial charge in [0.05, 0.1) is 4.90 Å². The highest BCUT2D eigenvalue weighted by atomic mass is 32.2. The van der Waals surface area contributed by atoms with Crippen LogP contribution in [0.3, 0.4) is 0 Å². The van der Waals surface area contributed by atoms with Crippen molar-refractivity contribution in [3.8, 4) is 0 Å². The minimum Gasteiger partial charge on any atom is -0.320 e. The molecule has 0 atom stereocenters. The number of hydrogen-bond acceptors (Lipinski definition) is 3. The van der Waals surface area contributed by atoms with Gasteiger partial charge in [-0.15, -0.1) is 0 Å². The van der Waals surface area contributed by atoms with E-state index >= 15 is 0 Å². The Morgan fingerprint density at radius 1 is 0.903 bits per heavy atom. The summed E-state index contributed by atoms with van der Waals surface area (Å²) in [5, 5.41) is 0. The highest BCUT2D eigenvalue weighted by Crippen LogP contribution is 2.27. The standard InChI is InChI=1S/C24H31N3O3S/c1-19(2)21-8-10-23(11-9-21)31(29,30)26-14-12-22(13-15-26)27-17-16-25(24(27)28)18-20-6-4-3-5-7-20/h3-11,19,22H,12-18H2,1-2H3. The van der Waals surface area contributed by atoms with Crippen molar-refractivity contribution in [1.29, 1.82) is 0 Å². The van der Waals surface area contributed by atoms with E-state index in [9.17, 15) is 13.2 Å². The molecule has 2 aromatic carbocycles. The Morgan fingerprint density at radius 2 is 1.55 bits per heavy atom. The van der Waals surface area contributed by atoms with Gasteiger partial charge in [-0.25, -0.2) is 13.2 Å². The molecule has 0 N–H and O–H groups in total. The molecule has 2 amide bonds. The fourth-order valence-corrected chi connectivity index (χ4v) is 5.93. The van der Waals surface area contributed by atoms with Crippen LogP contribution in [0, 0.1) is 0 Å². The van der Waals surface area contributed by atoms with Crippen LogP contribution >= 0.6 is 0 Å². The molecule has 0 bridgehead atoms. The zero-order valence-electron chi connectivity index (χ0n) is 18.3. The SMILES string of the molecule is CC(C)c1ccc(S(=O)(=O)N2CCC(N3CCN(Cc4ccccc4)C3=O)CC2)cc1. The number of sulfonamides is 1. The fourth-order valence-electron chi connectivity index (χ4n) is 4.46. The first-order valence-corrected chi connectivity index (χ1v) is 12.5. The molecule has 0 unspecified atom stereocenters. The summed E-state index contributed by atoms with van der Waals surface area (Å²) >= 11 is 0. The zero-order chi connectivity index (χ0) is 22.0. The van der Waals surface area contributed by atoms with Gasteiger partial charge in [0.1, 0.15) is 0 Å². The second kappa shape index (κ2) is 9.01. The summed E-state index contributed by atoms with van der Waals surface area (Å²) < 4.78 is 27.7. The molecule has 0 aromatic heterocycles. The number of piperidine rings is 1. The van der Waals surface area contributed by atoms with Crippen molar-refractivity contribution in [1.82, 2.24) is 14.1 Å². The van der Waals surface area contributed by atoms with Crippen LogP contribution in [-0.4, -0.2) is 60.8 Å². The van der Waals surface area contributed by atoms with Gasteiger partial charge < -0.3 is 9.80 Å². The molecule has 2 aliphatic rings. The predicted octanol–water partition coefficient (Wildman–Crippen LogP) is 3.90. The van der Waals surface area contributed by atoms with E-state index in [1.54, 1.807) is 16.4 Å². The van der Waals surface area contributed by atoms with Crippen LogP contribution in [0.4, 0.5) is 4.79 Å². The smallest absolute Gasteiger partial charge is 0.320 e. The fraction of sp³-hybridized carbons (Fsp3) is 0.458. The number of urea groups is 1. The molecule has 4 rings (SSSR count). The summed E-state index contributed by atoms with van der Waals surface area (Å²) in [5.74, 6) is 0.368. The molecule has 0 saturated carbocycles. The Morgan fingerprint density at radius 3 is 2.16 bits per heavy atom. The van der Waals surface area contributed by atoms with Crippen molar-refractivity contribution in [2.75, 3.05) is 26.2 Å². The quantitative estimate of drug-likeness (QED) is 0.683. The lowest BCUT2D eigenvalue weighted by Gasteiger charge is -2.36. The first kappa shape index (κ1) is 21.8. The van der Waals surface area contributed by atoms with Crippen molar-refractivity contribution in [3.63, 3.8) is 0 Å². The van der Waals surface area contributed by atoms with Gasteiger partial charge in [-0.05, 0) is 42.0 Å². The van der Waals surface area contributed by atoms with Crippen LogP contribution in [0.1, 0.15) is 43.7 Å². The molecule has 7 heteroatoms. The van der Waals surface area contributed by atoms with Crippen molar-refractivity contribution in [3.05, 3.63) is 65.7 Å². The highest BCUT2D eigenvalue weighted by Gasteiger charge is 2.37. The summed E-state index contributed by atoms with van der Waals surface area (Å²) in [4.78, 5) is 17.1. The third kappa shape index (κ3) is 4.62. The second-order valence-corrected chi connectivity index (χ2v) is 10.7. The van der Waals surface area contributed by atoms with Crippen LogP contribution in [-0.2, 0) is 16.6 Å². The Labute approximate surface area is 185 Å². The topological polar surface area (TPSA) is 60.9 Å². The van der Waals surface area contributed by atoms with E-state index in [1.165, 1.54) is 0 Å². The van der Waals surface area contributed by atoms with Crippen molar-refractivity contribution < 1.29 is 13.2 Å². The second-order valence-electron chi connectivity index (χ2n) is 8.74. The third-order valence-electron chi connectivity index (χ3n) is 6.39. The number of rotatable bonds is 6. The van der Waals surface area contributed by atoms with E-state index in [0.717, 1.165) is 11.1 Å². The van der Waals surface area contributed by atoms with Crippen LogP contribution in [0.5, 0.6) is 0 Å². The maximum absolute atomic E-state index is 13.1. The van der Waals surface area contributed by atoms with Gasteiger partial charge in [0.25, 0.3) is 0 Å². The predicted molar refractivity (Wildman–Crippen MR) is 121 cm³/mol. The average Bonchev–Trinajstić information content (AvgIpc) is 3.14. The van der Waals surface area contributed by atoms with Gasteiger partial charge in [0, 0.05) is 38.8 Å². The molecule has 166 valence electrons. The van der Waals surface area contributed by atoms with E-state index in [4.69, 9.17) is 0 Å². The van der Waals surface area contributed by atoms with Crippen LogP contribution < -0.4 is 0 Å². The van der Waals surface area contributed by atoms with Gasteiger partial charge in [-0.2, -0.15) is 4.31 Å². The minimum absolute atomic E-state index is 0.0643. The Bertz CT molecular complexity index is 998. The Kier molecular flexibility index (Phi) is 6.34. The van der Waals surface area contributed by atoms with Crippen LogP contribution in [0.15, 0.2) is 59.5 Å². The highest BCUT2D eigenvalue weighted by molar-refractivity contribution is 7.89. The first-order valence-electron chi connectivity index (χ1n) is 11.1. The van der Waals surface area contributed by atoms with Crippen LogP contribution in [0.2, 0.25) is 0 Å². The van der Waals surface area contributed by atoms with Gasteiger partial charge in [0.15, 0.2) is 0 Å². The molecule has 2 saturated heterocycles. The van der Waals surface area contributed by atoms with Gasteiger partial charge in [0.2, 0.25) is 10.0 Å². The van der Waals surface area contributed by atoms with Gasteiger partial charge in [-0.1, -0.05) is 56.3 Å². The monoisotopic (exact) mass is 441 g/mol. The number of nitrogens with zero attached hydrogens (tertiary/aromatic N) is 3. The molecule has 0 aliphatic carbocycles. The molecule has 0 radical (unpaired) electrons. The average molecular weight is 442 g/mol. The maximum atomic E-state index is 13.1. The largest absolute Gasteiger partial charge is 0.320 e. The van der Waals surface area contributed by atoms with E-state index < -0.39 is 10.0 Å². The Hall–Kier alpha value is -2.38. The zero-order valence-corrected chi connectivity index (χ0v) is 19.1. The van der Waals surface area contributed by atoms with Gasteiger partial charge >= 0.3 is 6.03 Å². The summed E-state index contributed by atoms with van der Waals surface area (Å²) in [6, 6.07) is 17.4. The van der Waals surface area contributed by atoms with E-state index in [2.05, 4.69) is 13.8 Å². The van der Waals surface area contributed by atoms with Gasteiger partial charge in [-0.3, -0.25) is 0 Å². The molecule has 2 aliphatic heterocycles. The van der Waals surface area contributed by atoms with E-state index in [-0.39, 0.29) is 12.1 Å². The Balaban J connectivity index is 1.35. The number of carbonyl (C=O) groups is 1. The summed E-state index contributed by atoms with van der Waals surface area (Å²) in [6.07, 6.45) is 1.35. The van der Waals surface area contributed by atoms with Crippen LogP contribution in [0.25, 0.3) is 0 Å². The van der Waals surface area contributed by atoms with E-state index in [0.29, 0.717) is 56.4 Å². The molecule has 0 spiro atoms. The summed E-state index contributed by atoms with van der Waals surface area (Å²) in [6.45, 7) is 7.12. The maximum Gasteiger partial charge on any atom is 0.320 e. The van der Waals surface area contributed by atoms with Crippen molar-refractivity contribution >= 4 is 16.1 Å². The molecule has 6 nitrogen and oxygen atoms in total. The summed E-state index contributed by atoms with van der Waals surface area (Å²) in [7, 11) is -3.50. The molecule has 2 heterocycles. The minimum atomic E-state index is -3.50. The molecular weight excluding hydrogens is 410 g/mol. The number of hydrogen-bond donors (Lipinski definition) is 0. The van der Waals surface area contributed by atoms with Crippen molar-refractivity contribution in [2.24, 2.45) is 0 Å². The lowest BCUT2D eigenvalue weighted by atomic mass is 10.0. The third-order valence-corrected chi connectivity index (χ3v) is 8.30. The van der Waals surface area contributed by atoms with Crippen molar-refractivity contribution in [2.45, 2.75) is 50.1 Å². The first-order chi connectivity index (χ1) is 14.9. The lowest BCUT2D eigenvalue weighted by Crippen LogP contribution is -2.47. The summed E-state index contributed by atoms with van der Waals surface area (Å²) in [5.41, 5.74) is 2.26. The number of carbonyl (C=O) groups excluding carboxylic acids is 1. The van der Waals surface area contributed by atoms with E-state index in [1.807, 2.05) is 52.3 Å². The number of amides is 2. The normalized spacial score (nSPS) is 18.9.